The molecule has 29 heavy (non-hydrogen) atoms. The molecule has 0 spiro atoms. The lowest BCUT2D eigenvalue weighted by atomic mass is 10.1. The highest BCUT2D eigenvalue weighted by atomic mass is 32.2. The molecule has 1 N–H and O–H groups in total. The molecule has 1 aromatic carbocycles. The third-order valence-corrected chi connectivity index (χ3v) is 5.12. The molecular weight excluding hydrogens is 403 g/mol. The molecule has 0 bridgehead atoms. The summed E-state index contributed by atoms with van der Waals surface area (Å²) in [6, 6.07) is 4.75. The first-order valence-electron chi connectivity index (χ1n) is 8.88. The number of nitrogens with zero attached hydrogens (tertiary/aromatic N) is 4. The Kier molecular flexibility index (Phi) is 6.11. The first-order valence-corrected chi connectivity index (χ1v) is 10.1. The van der Waals surface area contributed by atoms with Crippen LogP contribution in [0, 0.1) is 13.8 Å². The number of rotatable bonds is 6. The summed E-state index contributed by atoms with van der Waals surface area (Å²) in [6.45, 7) is 3.96. The standard InChI is InChI=1S/C19H20F3N5OS/c1-11-15(12(2)27-17(24-11)25-18(26-27)29-3)8-9-16(28)23-10-13-4-6-14(7-5-13)19(20,21)22/h4-7H,8-10H2,1-3H3,(H,23,28). The average Bonchev–Trinajstić information content (AvgIpc) is 3.09. The first kappa shape index (κ1) is 21.1. The number of carbonyl (C=O) groups excluding carboxylic acids is 1. The monoisotopic (exact) mass is 423 g/mol. The molecule has 0 aliphatic carbocycles. The number of benzene rings is 1. The molecule has 10 heteroatoms. The molecule has 0 fully saturated rings. The number of halogens is 3. The SMILES string of the molecule is CSc1nc2nc(C)c(CCC(=O)NCc3ccc(C(F)(F)F)cc3)c(C)n2n1. The maximum Gasteiger partial charge on any atom is 0.416 e. The second kappa shape index (κ2) is 8.40. The molecule has 0 aliphatic rings. The van der Waals surface area contributed by atoms with E-state index in [2.05, 4.69) is 20.4 Å². The Hall–Kier alpha value is -2.62. The van der Waals surface area contributed by atoms with Crippen LogP contribution < -0.4 is 5.32 Å². The molecule has 154 valence electrons. The lowest BCUT2D eigenvalue weighted by molar-refractivity contribution is -0.137. The van der Waals surface area contributed by atoms with E-state index in [1.807, 2.05) is 20.1 Å². The van der Waals surface area contributed by atoms with Gasteiger partial charge in [-0.05, 0) is 49.8 Å². The van der Waals surface area contributed by atoms with Gasteiger partial charge in [-0.25, -0.2) is 9.50 Å². The van der Waals surface area contributed by atoms with Gasteiger partial charge in [0.25, 0.3) is 5.78 Å². The summed E-state index contributed by atoms with van der Waals surface area (Å²) in [5.74, 6) is 0.340. The second-order valence-electron chi connectivity index (χ2n) is 6.54. The summed E-state index contributed by atoms with van der Waals surface area (Å²) >= 11 is 1.43. The number of alkyl halides is 3. The number of aryl methyl sites for hydroxylation is 2. The van der Waals surface area contributed by atoms with Crippen molar-refractivity contribution in [3.8, 4) is 0 Å². The Bertz CT molecular complexity index is 1030. The fourth-order valence-corrected chi connectivity index (χ4v) is 3.31. The van der Waals surface area contributed by atoms with E-state index < -0.39 is 11.7 Å². The van der Waals surface area contributed by atoms with Crippen molar-refractivity contribution in [2.75, 3.05) is 6.26 Å². The van der Waals surface area contributed by atoms with Crippen LogP contribution in [0.4, 0.5) is 13.2 Å². The Morgan fingerprint density at radius 3 is 2.48 bits per heavy atom. The van der Waals surface area contributed by atoms with Crippen molar-refractivity contribution in [3.63, 3.8) is 0 Å². The van der Waals surface area contributed by atoms with Crippen molar-refractivity contribution in [1.29, 1.82) is 0 Å². The summed E-state index contributed by atoms with van der Waals surface area (Å²) in [5.41, 5.74) is 2.51. The van der Waals surface area contributed by atoms with E-state index in [1.54, 1.807) is 4.52 Å². The van der Waals surface area contributed by atoms with Crippen molar-refractivity contribution < 1.29 is 18.0 Å². The Morgan fingerprint density at radius 1 is 1.17 bits per heavy atom. The van der Waals surface area contributed by atoms with E-state index in [1.165, 1.54) is 23.9 Å². The molecule has 1 amide bonds. The molecule has 3 rings (SSSR count). The van der Waals surface area contributed by atoms with Gasteiger partial charge in [0, 0.05) is 24.4 Å². The molecule has 3 aromatic rings. The van der Waals surface area contributed by atoms with Crippen LogP contribution in [0.3, 0.4) is 0 Å². The summed E-state index contributed by atoms with van der Waals surface area (Å²) in [6.07, 6.45) is -1.76. The van der Waals surface area contributed by atoms with Crippen LogP contribution in [0.2, 0.25) is 0 Å². The normalized spacial score (nSPS) is 11.8. The number of amides is 1. The van der Waals surface area contributed by atoms with Crippen LogP contribution in [0.25, 0.3) is 5.78 Å². The molecule has 2 aromatic heterocycles. The number of aromatic nitrogens is 4. The van der Waals surface area contributed by atoms with E-state index in [-0.39, 0.29) is 18.9 Å². The van der Waals surface area contributed by atoms with Gasteiger partial charge in [-0.2, -0.15) is 18.2 Å². The number of hydrogen-bond acceptors (Lipinski definition) is 5. The fraction of sp³-hybridized carbons (Fsp3) is 0.368. The molecule has 6 nitrogen and oxygen atoms in total. The zero-order valence-corrected chi connectivity index (χ0v) is 17.0. The maximum absolute atomic E-state index is 12.6. The van der Waals surface area contributed by atoms with Gasteiger partial charge in [0.15, 0.2) is 0 Å². The quantitative estimate of drug-likeness (QED) is 0.612. The average molecular weight is 423 g/mol. The topological polar surface area (TPSA) is 72.2 Å². The van der Waals surface area contributed by atoms with E-state index in [4.69, 9.17) is 0 Å². The zero-order chi connectivity index (χ0) is 21.2. The van der Waals surface area contributed by atoms with Crippen LogP contribution in [0.1, 0.15) is 34.5 Å². The van der Waals surface area contributed by atoms with E-state index in [9.17, 15) is 18.0 Å². The van der Waals surface area contributed by atoms with E-state index in [0.29, 0.717) is 22.9 Å². The second-order valence-corrected chi connectivity index (χ2v) is 7.32. The van der Waals surface area contributed by atoms with Gasteiger partial charge in [-0.1, -0.05) is 23.9 Å². The Morgan fingerprint density at radius 2 is 1.86 bits per heavy atom. The molecule has 0 saturated carbocycles. The van der Waals surface area contributed by atoms with Gasteiger partial charge in [-0.15, -0.1) is 5.10 Å². The summed E-state index contributed by atoms with van der Waals surface area (Å²) in [4.78, 5) is 21.0. The van der Waals surface area contributed by atoms with Crippen molar-refractivity contribution in [1.82, 2.24) is 24.9 Å². The highest BCUT2D eigenvalue weighted by Crippen LogP contribution is 2.29. The Balaban J connectivity index is 1.60. The number of hydrogen-bond donors (Lipinski definition) is 1. The van der Waals surface area contributed by atoms with Gasteiger partial charge in [0.1, 0.15) is 0 Å². The molecule has 0 saturated heterocycles. The molecule has 0 atom stereocenters. The van der Waals surface area contributed by atoms with Crippen molar-refractivity contribution in [3.05, 3.63) is 52.3 Å². The molecule has 0 aliphatic heterocycles. The van der Waals surface area contributed by atoms with E-state index in [0.717, 1.165) is 29.1 Å². The molecule has 0 unspecified atom stereocenters. The number of nitrogens with one attached hydrogen (secondary N) is 1. The lowest BCUT2D eigenvalue weighted by Crippen LogP contribution is -2.23. The smallest absolute Gasteiger partial charge is 0.352 e. The predicted molar refractivity (Wildman–Crippen MR) is 104 cm³/mol. The summed E-state index contributed by atoms with van der Waals surface area (Å²) < 4.78 is 39.5. The van der Waals surface area contributed by atoms with Gasteiger partial charge < -0.3 is 5.32 Å². The minimum atomic E-state index is -4.37. The third kappa shape index (κ3) is 4.87. The maximum atomic E-state index is 12.6. The Labute approximate surface area is 169 Å². The first-order chi connectivity index (χ1) is 13.7. The number of thioether (sulfide) groups is 1. The third-order valence-electron chi connectivity index (χ3n) is 4.59. The molecular formula is C19H20F3N5OS. The van der Waals surface area contributed by atoms with Gasteiger partial charge in [-0.3, -0.25) is 4.79 Å². The van der Waals surface area contributed by atoms with Crippen LogP contribution >= 0.6 is 11.8 Å². The predicted octanol–water partition coefficient (Wildman–Crippen LogP) is 3.73. The fourth-order valence-electron chi connectivity index (χ4n) is 2.98. The largest absolute Gasteiger partial charge is 0.416 e. The van der Waals surface area contributed by atoms with Crippen molar-refractivity contribution >= 4 is 23.4 Å². The number of fused-ring (bicyclic) bond motifs is 1. The van der Waals surface area contributed by atoms with E-state index >= 15 is 0 Å². The zero-order valence-electron chi connectivity index (χ0n) is 16.2. The molecule has 0 radical (unpaired) electrons. The van der Waals surface area contributed by atoms with Crippen molar-refractivity contribution in [2.45, 2.75) is 44.6 Å². The summed E-state index contributed by atoms with van der Waals surface area (Å²) in [5, 5.41) is 7.75. The lowest BCUT2D eigenvalue weighted by Gasteiger charge is -2.11. The van der Waals surface area contributed by atoms with Gasteiger partial charge >= 0.3 is 6.18 Å². The van der Waals surface area contributed by atoms with Crippen LogP contribution in [0.5, 0.6) is 0 Å². The van der Waals surface area contributed by atoms with Crippen molar-refractivity contribution in [2.24, 2.45) is 0 Å². The highest BCUT2D eigenvalue weighted by Gasteiger charge is 2.29. The van der Waals surface area contributed by atoms with Gasteiger partial charge in [0.05, 0.1) is 5.56 Å². The summed E-state index contributed by atoms with van der Waals surface area (Å²) in [7, 11) is 0. The minimum Gasteiger partial charge on any atom is -0.352 e. The van der Waals surface area contributed by atoms with Gasteiger partial charge in [0.2, 0.25) is 11.1 Å². The van der Waals surface area contributed by atoms with Crippen LogP contribution in [-0.2, 0) is 23.9 Å². The van der Waals surface area contributed by atoms with Crippen LogP contribution in [0.15, 0.2) is 29.4 Å². The number of carbonyl (C=O) groups is 1. The minimum absolute atomic E-state index is 0.173. The van der Waals surface area contributed by atoms with Crippen LogP contribution in [-0.4, -0.2) is 31.7 Å². The molecule has 2 heterocycles. The highest BCUT2D eigenvalue weighted by molar-refractivity contribution is 7.98.